The van der Waals surface area contributed by atoms with E-state index < -0.39 is 30.2 Å². The van der Waals surface area contributed by atoms with E-state index >= 15 is 0 Å². The SMILES string of the molecule is CCC(C#N)Oc1ccc(CO)cc1C(F)(F)F. The van der Waals surface area contributed by atoms with Crippen molar-refractivity contribution in [2.24, 2.45) is 0 Å². The van der Waals surface area contributed by atoms with Gasteiger partial charge in [0.15, 0.2) is 6.10 Å². The van der Waals surface area contributed by atoms with E-state index in [0.717, 1.165) is 12.1 Å². The first kappa shape index (κ1) is 14.3. The Balaban J connectivity index is 3.15. The van der Waals surface area contributed by atoms with Gasteiger partial charge < -0.3 is 9.84 Å². The summed E-state index contributed by atoms with van der Waals surface area (Å²) in [5, 5.41) is 17.5. The Hall–Kier alpha value is -1.74. The van der Waals surface area contributed by atoms with Crippen LogP contribution in [0.4, 0.5) is 13.2 Å². The van der Waals surface area contributed by atoms with E-state index in [9.17, 15) is 13.2 Å². The topological polar surface area (TPSA) is 53.2 Å². The first-order valence-corrected chi connectivity index (χ1v) is 5.29. The summed E-state index contributed by atoms with van der Waals surface area (Å²) in [6.45, 7) is 1.15. The lowest BCUT2D eigenvalue weighted by Gasteiger charge is -2.17. The fourth-order valence-corrected chi connectivity index (χ4v) is 1.35. The number of hydrogen-bond donors (Lipinski definition) is 1. The minimum atomic E-state index is -4.59. The minimum Gasteiger partial charge on any atom is -0.475 e. The number of aliphatic hydroxyl groups is 1. The maximum absolute atomic E-state index is 12.8. The Kier molecular flexibility index (Phi) is 4.56. The van der Waals surface area contributed by atoms with E-state index in [1.807, 2.05) is 0 Å². The number of aliphatic hydroxyl groups excluding tert-OH is 1. The van der Waals surface area contributed by atoms with Gasteiger partial charge in [0.1, 0.15) is 11.8 Å². The molecule has 0 saturated heterocycles. The summed E-state index contributed by atoms with van der Waals surface area (Å²) in [7, 11) is 0. The second kappa shape index (κ2) is 5.74. The van der Waals surface area contributed by atoms with Crippen LogP contribution in [0.3, 0.4) is 0 Å². The monoisotopic (exact) mass is 259 g/mol. The van der Waals surface area contributed by atoms with Gasteiger partial charge in [-0.1, -0.05) is 13.0 Å². The van der Waals surface area contributed by atoms with Gasteiger partial charge in [-0.2, -0.15) is 18.4 Å². The number of benzene rings is 1. The standard InChI is InChI=1S/C12H12F3NO2/c1-2-9(6-16)18-11-4-3-8(7-17)5-10(11)12(13,14)15/h3-5,9,17H,2,7H2,1H3. The van der Waals surface area contributed by atoms with Crippen LogP contribution in [0, 0.1) is 11.3 Å². The average molecular weight is 259 g/mol. The van der Waals surface area contributed by atoms with Crippen molar-refractivity contribution in [1.29, 1.82) is 5.26 Å². The molecule has 1 rings (SSSR count). The molecule has 1 aromatic carbocycles. The van der Waals surface area contributed by atoms with Gasteiger partial charge in [-0.05, 0) is 24.1 Å². The number of nitrogens with zero attached hydrogens (tertiary/aromatic N) is 1. The Morgan fingerprint density at radius 1 is 1.44 bits per heavy atom. The summed E-state index contributed by atoms with van der Waals surface area (Å²) < 4.78 is 43.3. The van der Waals surface area contributed by atoms with Gasteiger partial charge in [0, 0.05) is 0 Å². The van der Waals surface area contributed by atoms with Gasteiger partial charge in [-0.3, -0.25) is 0 Å². The van der Waals surface area contributed by atoms with E-state index in [0.29, 0.717) is 0 Å². The summed E-state index contributed by atoms with van der Waals surface area (Å²) in [4.78, 5) is 0. The van der Waals surface area contributed by atoms with Gasteiger partial charge >= 0.3 is 6.18 Å². The molecule has 6 heteroatoms. The third-order valence-corrected chi connectivity index (χ3v) is 2.32. The Labute approximate surface area is 102 Å². The summed E-state index contributed by atoms with van der Waals surface area (Å²) in [5.41, 5.74) is -0.845. The molecule has 0 amide bonds. The summed E-state index contributed by atoms with van der Waals surface area (Å²) in [6, 6.07) is 5.03. The molecule has 0 saturated carbocycles. The maximum Gasteiger partial charge on any atom is 0.419 e. The summed E-state index contributed by atoms with van der Waals surface area (Å²) >= 11 is 0. The molecule has 0 heterocycles. The molecule has 0 aliphatic rings. The highest BCUT2D eigenvalue weighted by atomic mass is 19.4. The van der Waals surface area contributed by atoms with Crippen molar-refractivity contribution in [3.05, 3.63) is 29.3 Å². The van der Waals surface area contributed by atoms with Crippen LogP contribution in [0.5, 0.6) is 5.75 Å². The molecule has 0 aliphatic heterocycles. The molecule has 0 aromatic heterocycles. The van der Waals surface area contributed by atoms with Crippen molar-refractivity contribution in [2.45, 2.75) is 32.2 Å². The van der Waals surface area contributed by atoms with Gasteiger partial charge in [0.05, 0.1) is 12.2 Å². The van der Waals surface area contributed by atoms with Crippen LogP contribution >= 0.6 is 0 Å². The summed E-state index contributed by atoms with van der Waals surface area (Å²) in [6.07, 6.45) is -5.23. The quantitative estimate of drug-likeness (QED) is 0.904. The Bertz CT molecular complexity index is 452. The van der Waals surface area contributed by atoms with Gasteiger partial charge in [0.2, 0.25) is 0 Å². The van der Waals surface area contributed by atoms with Crippen molar-refractivity contribution >= 4 is 0 Å². The molecule has 0 spiro atoms. The van der Waals surface area contributed by atoms with Crippen LogP contribution in [0.15, 0.2) is 18.2 Å². The predicted molar refractivity (Wildman–Crippen MR) is 57.7 cm³/mol. The van der Waals surface area contributed by atoms with Crippen LogP contribution < -0.4 is 4.74 Å². The molecule has 0 fully saturated rings. The summed E-state index contributed by atoms with van der Waals surface area (Å²) in [5.74, 6) is -0.395. The van der Waals surface area contributed by atoms with Gasteiger partial charge in [-0.25, -0.2) is 0 Å². The number of hydrogen-bond acceptors (Lipinski definition) is 3. The van der Waals surface area contributed by atoms with Crippen molar-refractivity contribution in [2.75, 3.05) is 0 Å². The highest BCUT2D eigenvalue weighted by molar-refractivity contribution is 5.39. The van der Waals surface area contributed by atoms with Gasteiger partial charge in [-0.15, -0.1) is 0 Å². The maximum atomic E-state index is 12.8. The lowest BCUT2D eigenvalue weighted by atomic mass is 10.1. The number of nitriles is 1. The molecule has 0 radical (unpaired) electrons. The van der Waals surface area contributed by atoms with E-state index in [2.05, 4.69) is 0 Å². The highest BCUT2D eigenvalue weighted by Gasteiger charge is 2.35. The third kappa shape index (κ3) is 3.37. The average Bonchev–Trinajstić information content (AvgIpc) is 2.34. The zero-order valence-electron chi connectivity index (χ0n) is 9.66. The molecule has 1 N–H and O–H groups in total. The molecule has 3 nitrogen and oxygen atoms in total. The van der Waals surface area contributed by atoms with Gasteiger partial charge in [0.25, 0.3) is 0 Å². The van der Waals surface area contributed by atoms with Crippen molar-refractivity contribution in [1.82, 2.24) is 0 Å². The highest BCUT2D eigenvalue weighted by Crippen LogP contribution is 2.37. The van der Waals surface area contributed by atoms with E-state index in [4.69, 9.17) is 15.1 Å². The molecule has 98 valence electrons. The molecule has 1 atom stereocenters. The van der Waals surface area contributed by atoms with Crippen molar-refractivity contribution in [3.8, 4) is 11.8 Å². The van der Waals surface area contributed by atoms with Crippen molar-refractivity contribution in [3.63, 3.8) is 0 Å². The van der Waals surface area contributed by atoms with Crippen LogP contribution in [0.25, 0.3) is 0 Å². The molecular weight excluding hydrogens is 247 g/mol. The fourth-order valence-electron chi connectivity index (χ4n) is 1.35. The first-order chi connectivity index (χ1) is 8.42. The number of halogens is 3. The zero-order valence-corrected chi connectivity index (χ0v) is 9.66. The molecule has 18 heavy (non-hydrogen) atoms. The van der Waals surface area contributed by atoms with Crippen LogP contribution in [0.2, 0.25) is 0 Å². The molecule has 1 unspecified atom stereocenters. The van der Waals surface area contributed by atoms with Crippen LogP contribution in [0.1, 0.15) is 24.5 Å². The molecular formula is C12H12F3NO2. The van der Waals surface area contributed by atoms with Crippen molar-refractivity contribution < 1.29 is 23.0 Å². The lowest BCUT2D eigenvalue weighted by Crippen LogP contribution is -2.16. The smallest absolute Gasteiger partial charge is 0.419 e. The minimum absolute atomic E-state index is 0.139. The Morgan fingerprint density at radius 3 is 2.56 bits per heavy atom. The number of rotatable bonds is 4. The molecule has 1 aromatic rings. The largest absolute Gasteiger partial charge is 0.475 e. The van der Waals surface area contributed by atoms with E-state index in [1.54, 1.807) is 13.0 Å². The van der Waals surface area contributed by atoms with Crippen LogP contribution in [-0.2, 0) is 12.8 Å². The fraction of sp³-hybridized carbons (Fsp3) is 0.417. The third-order valence-electron chi connectivity index (χ3n) is 2.32. The Morgan fingerprint density at radius 2 is 2.11 bits per heavy atom. The zero-order chi connectivity index (χ0) is 13.8. The lowest BCUT2D eigenvalue weighted by molar-refractivity contribution is -0.139. The first-order valence-electron chi connectivity index (χ1n) is 5.29. The van der Waals surface area contributed by atoms with E-state index in [-0.39, 0.29) is 12.0 Å². The molecule has 0 aliphatic carbocycles. The second-order valence-corrected chi connectivity index (χ2v) is 3.63. The van der Waals surface area contributed by atoms with Crippen LogP contribution in [-0.4, -0.2) is 11.2 Å². The number of ether oxygens (including phenoxy) is 1. The normalized spacial score (nSPS) is 12.9. The molecule has 0 bridgehead atoms. The second-order valence-electron chi connectivity index (χ2n) is 3.63. The predicted octanol–water partition coefficient (Wildman–Crippen LogP) is 2.88. The number of alkyl halides is 3. The van der Waals surface area contributed by atoms with E-state index in [1.165, 1.54) is 6.07 Å².